The van der Waals surface area contributed by atoms with E-state index < -0.39 is 0 Å². The Morgan fingerprint density at radius 3 is 2.64 bits per heavy atom. The van der Waals surface area contributed by atoms with Crippen LogP contribution in [0.4, 0.5) is 0 Å². The van der Waals surface area contributed by atoms with E-state index in [-0.39, 0.29) is 0 Å². The van der Waals surface area contributed by atoms with Crippen LogP contribution in [-0.4, -0.2) is 29.5 Å². The molecule has 1 aliphatic rings. The number of hydrogen-bond donors (Lipinski definition) is 0. The average molecular weight is 272 g/mol. The molecule has 0 radical (unpaired) electrons. The van der Waals surface area contributed by atoms with Gasteiger partial charge in [0.15, 0.2) is 0 Å². The largest absolute Gasteiger partial charge is 0.297 e. The van der Waals surface area contributed by atoms with Gasteiger partial charge in [0.05, 0.1) is 0 Å². The van der Waals surface area contributed by atoms with Crippen molar-refractivity contribution in [2.45, 2.75) is 6.54 Å². The maximum atomic E-state index is 3.59. The molecule has 0 unspecified atom stereocenters. The highest BCUT2D eigenvalue weighted by molar-refractivity contribution is 9.10. The second-order valence-corrected chi connectivity index (χ2v) is 5.56. The first-order chi connectivity index (χ1) is 6.86. The van der Waals surface area contributed by atoms with Crippen LogP contribution in [0.25, 0.3) is 0 Å². The van der Waals surface area contributed by atoms with Gasteiger partial charge in [-0.25, -0.2) is 0 Å². The highest BCUT2D eigenvalue weighted by Crippen LogP contribution is 2.19. The number of rotatable bonds is 2. The minimum atomic E-state index is 1.09. The van der Waals surface area contributed by atoms with Crippen LogP contribution >= 0.6 is 27.7 Å². The Morgan fingerprint density at radius 1 is 1.21 bits per heavy atom. The van der Waals surface area contributed by atoms with Crippen molar-refractivity contribution in [2.24, 2.45) is 0 Å². The van der Waals surface area contributed by atoms with Crippen LogP contribution in [0.5, 0.6) is 0 Å². The van der Waals surface area contributed by atoms with Crippen molar-refractivity contribution in [2.75, 3.05) is 24.6 Å². The molecule has 3 heteroatoms. The number of nitrogens with zero attached hydrogens (tertiary/aromatic N) is 1. The first-order valence-corrected chi connectivity index (χ1v) is 6.84. The molecular formula is C11H14BrNS. The zero-order valence-electron chi connectivity index (χ0n) is 8.08. The van der Waals surface area contributed by atoms with Gasteiger partial charge >= 0.3 is 0 Å². The summed E-state index contributed by atoms with van der Waals surface area (Å²) in [6.07, 6.45) is 0. The third-order valence-electron chi connectivity index (χ3n) is 2.46. The summed E-state index contributed by atoms with van der Waals surface area (Å²) >= 11 is 5.65. The number of thioether (sulfide) groups is 1. The average Bonchev–Trinajstić information content (AvgIpc) is 2.23. The van der Waals surface area contributed by atoms with E-state index in [1.54, 1.807) is 0 Å². The predicted molar refractivity (Wildman–Crippen MR) is 66.7 cm³/mol. The Morgan fingerprint density at radius 2 is 1.93 bits per heavy atom. The fourth-order valence-electron chi connectivity index (χ4n) is 1.63. The summed E-state index contributed by atoms with van der Waals surface area (Å²) in [6, 6.07) is 8.50. The normalized spacial score (nSPS) is 18.4. The summed E-state index contributed by atoms with van der Waals surface area (Å²) in [4.78, 5) is 2.52. The van der Waals surface area contributed by atoms with Crippen molar-refractivity contribution in [1.29, 1.82) is 0 Å². The SMILES string of the molecule is Brc1ccccc1CN1CCSCC1. The maximum absolute atomic E-state index is 3.59. The summed E-state index contributed by atoms with van der Waals surface area (Å²) < 4.78 is 1.23. The van der Waals surface area contributed by atoms with Crippen LogP contribution in [-0.2, 0) is 6.54 Å². The van der Waals surface area contributed by atoms with Crippen LogP contribution in [0.15, 0.2) is 28.7 Å². The topological polar surface area (TPSA) is 3.24 Å². The quantitative estimate of drug-likeness (QED) is 0.814. The maximum Gasteiger partial charge on any atom is 0.0245 e. The summed E-state index contributed by atoms with van der Waals surface area (Å²) in [6.45, 7) is 3.54. The molecule has 1 aromatic rings. The van der Waals surface area contributed by atoms with Crippen molar-refractivity contribution in [3.05, 3.63) is 34.3 Å². The molecule has 1 heterocycles. The molecule has 0 atom stereocenters. The van der Waals surface area contributed by atoms with Crippen LogP contribution < -0.4 is 0 Å². The van der Waals surface area contributed by atoms with E-state index in [1.807, 2.05) is 0 Å². The molecule has 0 aliphatic carbocycles. The second-order valence-electron chi connectivity index (χ2n) is 3.48. The Bertz CT molecular complexity index is 297. The molecule has 2 rings (SSSR count). The Hall–Kier alpha value is 0.01000. The Kier molecular flexibility index (Phi) is 3.90. The molecule has 0 aromatic heterocycles. The third kappa shape index (κ3) is 2.75. The molecule has 1 nitrogen and oxygen atoms in total. The first kappa shape index (κ1) is 10.5. The highest BCUT2D eigenvalue weighted by atomic mass is 79.9. The monoisotopic (exact) mass is 271 g/mol. The number of hydrogen-bond acceptors (Lipinski definition) is 2. The van der Waals surface area contributed by atoms with Crippen molar-refractivity contribution in [3.63, 3.8) is 0 Å². The molecule has 0 N–H and O–H groups in total. The van der Waals surface area contributed by atoms with E-state index >= 15 is 0 Å². The Labute approximate surface area is 98.0 Å². The molecule has 1 aromatic carbocycles. The predicted octanol–water partition coefficient (Wildman–Crippen LogP) is 3.00. The molecule has 0 spiro atoms. The third-order valence-corrected chi connectivity index (χ3v) is 4.17. The zero-order valence-corrected chi connectivity index (χ0v) is 10.5. The van der Waals surface area contributed by atoms with Gasteiger partial charge in [-0.2, -0.15) is 11.8 Å². The van der Waals surface area contributed by atoms with Crippen LogP contribution in [0.1, 0.15) is 5.56 Å². The van der Waals surface area contributed by atoms with Gasteiger partial charge < -0.3 is 0 Å². The zero-order chi connectivity index (χ0) is 9.80. The molecule has 0 bridgehead atoms. The molecule has 0 amide bonds. The van der Waals surface area contributed by atoms with Gasteiger partial charge in [0.2, 0.25) is 0 Å². The van der Waals surface area contributed by atoms with Crippen LogP contribution in [0, 0.1) is 0 Å². The summed E-state index contributed by atoms with van der Waals surface area (Å²) in [5.74, 6) is 2.56. The Balaban J connectivity index is 1.99. The van der Waals surface area contributed by atoms with Gasteiger partial charge in [0, 0.05) is 35.6 Å². The number of benzene rings is 1. The van der Waals surface area contributed by atoms with E-state index in [0.717, 1.165) is 6.54 Å². The lowest BCUT2D eigenvalue weighted by atomic mass is 10.2. The highest BCUT2D eigenvalue weighted by Gasteiger charge is 2.11. The minimum Gasteiger partial charge on any atom is -0.297 e. The van der Waals surface area contributed by atoms with Gasteiger partial charge in [0.1, 0.15) is 0 Å². The van der Waals surface area contributed by atoms with Crippen molar-refractivity contribution >= 4 is 27.7 Å². The molecule has 0 saturated carbocycles. The van der Waals surface area contributed by atoms with Crippen LogP contribution in [0.2, 0.25) is 0 Å². The summed E-state index contributed by atoms with van der Waals surface area (Å²) in [5.41, 5.74) is 1.40. The molecule has 1 aliphatic heterocycles. The van der Waals surface area contributed by atoms with E-state index in [2.05, 4.69) is 56.9 Å². The number of halogens is 1. The van der Waals surface area contributed by atoms with Gasteiger partial charge in [-0.3, -0.25) is 4.90 Å². The fourth-order valence-corrected chi connectivity index (χ4v) is 3.02. The molecule has 76 valence electrons. The lowest BCUT2D eigenvalue weighted by Gasteiger charge is -2.26. The standard InChI is InChI=1S/C11H14BrNS/c12-11-4-2-1-3-10(11)9-13-5-7-14-8-6-13/h1-4H,5-9H2. The first-order valence-electron chi connectivity index (χ1n) is 4.90. The van der Waals surface area contributed by atoms with E-state index in [4.69, 9.17) is 0 Å². The van der Waals surface area contributed by atoms with Crippen molar-refractivity contribution < 1.29 is 0 Å². The molecule has 1 fully saturated rings. The molecular weight excluding hydrogens is 258 g/mol. The van der Waals surface area contributed by atoms with Gasteiger partial charge in [-0.05, 0) is 11.6 Å². The second kappa shape index (κ2) is 5.19. The lowest BCUT2D eigenvalue weighted by Crippen LogP contribution is -2.32. The van der Waals surface area contributed by atoms with Gasteiger partial charge in [-0.1, -0.05) is 34.1 Å². The van der Waals surface area contributed by atoms with Crippen molar-refractivity contribution in [3.8, 4) is 0 Å². The summed E-state index contributed by atoms with van der Waals surface area (Å²) in [5, 5.41) is 0. The van der Waals surface area contributed by atoms with E-state index in [9.17, 15) is 0 Å². The summed E-state index contributed by atoms with van der Waals surface area (Å²) in [7, 11) is 0. The van der Waals surface area contributed by atoms with Gasteiger partial charge in [0.25, 0.3) is 0 Å². The lowest BCUT2D eigenvalue weighted by molar-refractivity contribution is 0.294. The van der Waals surface area contributed by atoms with Crippen molar-refractivity contribution in [1.82, 2.24) is 4.90 Å². The van der Waals surface area contributed by atoms with E-state index in [1.165, 1.54) is 34.6 Å². The smallest absolute Gasteiger partial charge is 0.0245 e. The molecule has 1 saturated heterocycles. The van der Waals surface area contributed by atoms with Gasteiger partial charge in [-0.15, -0.1) is 0 Å². The molecule has 14 heavy (non-hydrogen) atoms. The minimum absolute atomic E-state index is 1.09. The van der Waals surface area contributed by atoms with Crippen LogP contribution in [0.3, 0.4) is 0 Å². The fraction of sp³-hybridized carbons (Fsp3) is 0.455. The van der Waals surface area contributed by atoms with E-state index in [0.29, 0.717) is 0 Å².